The van der Waals surface area contributed by atoms with E-state index in [0.717, 1.165) is 39.2 Å². The molecule has 1 unspecified atom stereocenters. The molecule has 2 amide bonds. The second-order valence-corrected chi connectivity index (χ2v) is 13.2. The molecular weight excluding hydrogens is 578 g/mol. The van der Waals surface area contributed by atoms with Crippen LogP contribution in [-0.2, 0) is 14.8 Å². The molecule has 179 valence electrons. The van der Waals surface area contributed by atoms with Gasteiger partial charge in [0.2, 0.25) is 0 Å². The fraction of sp³-hybridized carbons (Fsp3) is 0.286. The third-order valence-corrected chi connectivity index (χ3v) is 11.2. The van der Waals surface area contributed by atoms with Gasteiger partial charge in [-0.05, 0) is 0 Å². The summed E-state index contributed by atoms with van der Waals surface area (Å²) in [4.78, 5) is 27.0. The summed E-state index contributed by atoms with van der Waals surface area (Å²) in [5.74, 6) is 0.00557. The van der Waals surface area contributed by atoms with Gasteiger partial charge in [-0.15, -0.1) is 0 Å². The van der Waals surface area contributed by atoms with E-state index in [1.165, 1.54) is 24.1 Å². The molecular formula is C28H29As2N2O2S. The number of hydrogen-bond acceptors (Lipinski definition) is 3. The summed E-state index contributed by atoms with van der Waals surface area (Å²) >= 11 is 4.01. The van der Waals surface area contributed by atoms with E-state index in [2.05, 4.69) is 45.0 Å². The van der Waals surface area contributed by atoms with Gasteiger partial charge >= 0.3 is 228 Å². The number of benzene rings is 2. The second kappa shape index (κ2) is 13.3. The van der Waals surface area contributed by atoms with E-state index >= 15 is 0 Å². The molecule has 3 radical (unpaired) electrons. The maximum absolute atomic E-state index is 13.3. The summed E-state index contributed by atoms with van der Waals surface area (Å²) in [6.07, 6.45) is 9.22. The Balaban J connectivity index is 1.41. The predicted octanol–water partition coefficient (Wildman–Crippen LogP) is 4.59. The van der Waals surface area contributed by atoms with E-state index < -0.39 is 0 Å². The molecule has 35 heavy (non-hydrogen) atoms. The van der Waals surface area contributed by atoms with Crippen LogP contribution in [0, 0.1) is 0 Å². The molecule has 3 aromatic rings. The van der Waals surface area contributed by atoms with Crippen LogP contribution in [0.5, 0.6) is 0 Å². The van der Waals surface area contributed by atoms with Crippen molar-refractivity contribution < 1.29 is 9.59 Å². The molecule has 1 aliphatic rings. The van der Waals surface area contributed by atoms with Gasteiger partial charge in [0.05, 0.1) is 0 Å². The molecule has 0 aliphatic heterocycles. The second-order valence-electron chi connectivity index (χ2n) is 8.67. The minimum absolute atomic E-state index is 0.0872. The van der Waals surface area contributed by atoms with E-state index in [9.17, 15) is 9.59 Å². The van der Waals surface area contributed by atoms with Gasteiger partial charge in [-0.1, -0.05) is 0 Å². The Kier molecular flexibility index (Phi) is 9.89. The summed E-state index contributed by atoms with van der Waals surface area (Å²) in [7, 11) is 0. The van der Waals surface area contributed by atoms with Crippen LogP contribution in [-0.4, -0.2) is 50.5 Å². The van der Waals surface area contributed by atoms with Crippen LogP contribution >= 0.6 is 11.3 Å². The zero-order valence-corrected chi connectivity index (χ0v) is 24.1. The zero-order chi connectivity index (χ0) is 24.5. The Hall–Kier alpha value is -2.06. The maximum atomic E-state index is 13.3. The summed E-state index contributed by atoms with van der Waals surface area (Å²) < 4.78 is 0.879. The van der Waals surface area contributed by atoms with Crippen molar-refractivity contribution in [1.29, 1.82) is 0 Å². The number of para-hydroxylation sites is 1. The molecule has 4 rings (SSSR count). The average molecular weight is 607 g/mol. The van der Waals surface area contributed by atoms with Crippen LogP contribution in [0.4, 0.5) is 5.69 Å². The number of carbonyl (C=O) groups excluding carboxylic acids is 2. The van der Waals surface area contributed by atoms with E-state index in [0.29, 0.717) is 6.04 Å². The number of nitrogens with one attached hydrogen (secondary N) is 2. The van der Waals surface area contributed by atoms with Crippen LogP contribution in [0.3, 0.4) is 0 Å². The Bertz CT molecular complexity index is 1140. The first-order chi connectivity index (χ1) is 17.1. The monoisotopic (exact) mass is 607 g/mol. The van der Waals surface area contributed by atoms with Crippen LogP contribution in [0.2, 0.25) is 0 Å². The normalized spacial score (nSPS) is 15.5. The predicted molar refractivity (Wildman–Crippen MR) is 147 cm³/mol. The Labute approximate surface area is 227 Å². The molecule has 1 atom stereocenters. The first-order valence-electron chi connectivity index (χ1n) is 11.9. The van der Waals surface area contributed by atoms with Gasteiger partial charge < -0.3 is 0 Å². The fourth-order valence-corrected chi connectivity index (χ4v) is 8.33. The van der Waals surface area contributed by atoms with Gasteiger partial charge in [-0.2, -0.15) is 0 Å². The average Bonchev–Trinajstić information content (AvgIpc) is 3.39. The zero-order valence-electron chi connectivity index (χ0n) is 19.5. The van der Waals surface area contributed by atoms with Crippen molar-refractivity contribution in [2.75, 3.05) is 5.32 Å². The van der Waals surface area contributed by atoms with Gasteiger partial charge in [0, 0.05) is 0 Å². The molecule has 7 heteroatoms. The quantitative estimate of drug-likeness (QED) is 0.277. The van der Waals surface area contributed by atoms with Crippen molar-refractivity contribution in [3.63, 3.8) is 0 Å². The topological polar surface area (TPSA) is 58.2 Å². The molecule has 1 aliphatic carbocycles. The summed E-state index contributed by atoms with van der Waals surface area (Å²) in [5, 5.41) is 9.34. The molecule has 0 bridgehead atoms. The summed E-state index contributed by atoms with van der Waals surface area (Å²) in [6.45, 7) is 0. The molecule has 2 N–H and O–H groups in total. The minimum atomic E-state index is -0.215. The van der Waals surface area contributed by atoms with E-state index in [-0.39, 0.29) is 32.3 Å². The van der Waals surface area contributed by atoms with Gasteiger partial charge in [-0.3, -0.25) is 0 Å². The molecule has 1 heterocycles. The number of thiophene rings is 1. The van der Waals surface area contributed by atoms with Crippen molar-refractivity contribution in [2.24, 2.45) is 0 Å². The number of anilines is 1. The van der Waals surface area contributed by atoms with Crippen LogP contribution < -0.4 is 15.0 Å². The summed E-state index contributed by atoms with van der Waals surface area (Å²) in [6, 6.07) is 20.3. The fourth-order valence-electron chi connectivity index (χ4n) is 4.17. The van der Waals surface area contributed by atoms with Crippen LogP contribution in [0.15, 0.2) is 72.1 Å². The number of carbonyl (C=O) groups is 2. The number of hydrogen-bond donors (Lipinski definition) is 2. The Morgan fingerprint density at radius 2 is 1.80 bits per heavy atom. The molecule has 0 spiro atoms. The van der Waals surface area contributed by atoms with Gasteiger partial charge in [0.1, 0.15) is 0 Å². The van der Waals surface area contributed by atoms with Crippen molar-refractivity contribution in [1.82, 2.24) is 5.32 Å². The van der Waals surface area contributed by atoms with Gasteiger partial charge in [-0.25, -0.2) is 0 Å². The molecule has 1 saturated carbocycles. The van der Waals surface area contributed by atoms with Crippen molar-refractivity contribution in [3.8, 4) is 0 Å². The van der Waals surface area contributed by atoms with Gasteiger partial charge in [0.15, 0.2) is 0 Å². The molecule has 0 saturated heterocycles. The first-order valence-corrected chi connectivity index (χ1v) is 16.2. The Morgan fingerprint density at radius 1 is 1.03 bits per heavy atom. The van der Waals surface area contributed by atoms with E-state index in [1.54, 1.807) is 17.4 Å². The van der Waals surface area contributed by atoms with Crippen molar-refractivity contribution >= 4 is 71.9 Å². The standard InChI is InChI=1S/C28H29As2N2O2S/c29-24-10-4-5-11-25(24)32-26(33)17-14-20-12-15-21(16-13-20)27(30-19-23-9-6-18-35-23)28(34)31-22-7-2-1-3-8-22/h4-6,9-18,22,27H,1-3,7-8,19H2,(H,31,34)(H,32,33). The van der Waals surface area contributed by atoms with Gasteiger partial charge in [0.25, 0.3) is 0 Å². The molecule has 1 fully saturated rings. The number of amides is 2. The van der Waals surface area contributed by atoms with E-state index in [4.69, 9.17) is 0 Å². The Morgan fingerprint density at radius 3 is 2.51 bits per heavy atom. The molecule has 4 nitrogen and oxygen atoms in total. The molecule has 2 aromatic carbocycles. The first kappa shape index (κ1) is 26.0. The van der Waals surface area contributed by atoms with Crippen LogP contribution in [0.25, 0.3) is 6.08 Å². The number of rotatable bonds is 9. The third kappa shape index (κ3) is 7.97. The third-order valence-electron chi connectivity index (χ3n) is 6.05. The van der Waals surface area contributed by atoms with Crippen molar-refractivity contribution in [2.45, 2.75) is 48.1 Å². The summed E-state index contributed by atoms with van der Waals surface area (Å²) in [5.41, 5.74) is 2.79. The van der Waals surface area contributed by atoms with Crippen molar-refractivity contribution in [3.05, 3.63) is 88.1 Å². The van der Waals surface area contributed by atoms with E-state index in [1.807, 2.05) is 54.6 Å². The molecule has 1 aromatic heterocycles. The van der Waals surface area contributed by atoms with Crippen LogP contribution in [0.1, 0.15) is 52.8 Å². The SMILES string of the molecule is O=C(C=Cc1ccc(C([As]Cc2cccs2)C(=O)NC2CCCCC2)cc1)Nc1ccccc1[As].